The zero-order valence-corrected chi connectivity index (χ0v) is 10.2. The number of anilines is 2. The lowest BCUT2D eigenvalue weighted by Crippen LogP contribution is -2.18. The van der Waals surface area contributed by atoms with Crippen molar-refractivity contribution in [3.8, 4) is 0 Å². The van der Waals surface area contributed by atoms with Crippen molar-refractivity contribution < 1.29 is 18.7 Å². The molecule has 18 heavy (non-hydrogen) atoms. The number of carbonyl (C=O) groups is 2. The van der Waals surface area contributed by atoms with Crippen LogP contribution in [0.1, 0.15) is 13.8 Å². The Kier molecular flexibility index (Phi) is 5.26. The van der Waals surface area contributed by atoms with E-state index >= 15 is 0 Å². The Morgan fingerprint density at radius 2 is 2.06 bits per heavy atom. The van der Waals surface area contributed by atoms with Crippen LogP contribution in [-0.2, 0) is 14.3 Å². The summed E-state index contributed by atoms with van der Waals surface area (Å²) in [6.07, 6.45) is 0. The van der Waals surface area contributed by atoms with Crippen molar-refractivity contribution >= 4 is 23.2 Å². The highest BCUT2D eigenvalue weighted by Gasteiger charge is 2.07. The molecule has 1 aromatic carbocycles. The minimum Gasteiger partial charge on any atom is -0.372 e. The average molecular weight is 254 g/mol. The number of carbonyl (C=O) groups excluding carboxylic acids is 2. The van der Waals surface area contributed by atoms with Crippen LogP contribution in [0.2, 0.25) is 0 Å². The Balaban J connectivity index is 2.72. The van der Waals surface area contributed by atoms with E-state index in [4.69, 9.17) is 4.74 Å². The molecule has 0 unspecified atom stereocenters. The predicted molar refractivity (Wildman–Crippen MR) is 65.8 cm³/mol. The number of halogens is 1. The van der Waals surface area contributed by atoms with E-state index in [1.54, 1.807) is 6.92 Å². The topological polar surface area (TPSA) is 67.4 Å². The molecule has 1 rings (SSSR count). The summed E-state index contributed by atoms with van der Waals surface area (Å²) in [6, 6.07) is 3.92. The molecule has 0 spiro atoms. The maximum absolute atomic E-state index is 13.3. The summed E-state index contributed by atoms with van der Waals surface area (Å²) in [5.41, 5.74) is 0.418. The second-order valence-electron chi connectivity index (χ2n) is 3.56. The van der Waals surface area contributed by atoms with Crippen molar-refractivity contribution in [1.82, 2.24) is 0 Å². The van der Waals surface area contributed by atoms with Gasteiger partial charge in [0.2, 0.25) is 11.8 Å². The summed E-state index contributed by atoms with van der Waals surface area (Å²) >= 11 is 0. The standard InChI is InChI=1S/C12H15FN2O3/c1-3-18-7-12(17)15-9-4-5-10(13)11(6-9)14-8(2)16/h4-6H,3,7H2,1-2H3,(H,14,16)(H,15,17). The van der Waals surface area contributed by atoms with Gasteiger partial charge in [0.15, 0.2) is 0 Å². The van der Waals surface area contributed by atoms with Gasteiger partial charge in [-0.05, 0) is 25.1 Å². The first-order valence-electron chi connectivity index (χ1n) is 5.47. The van der Waals surface area contributed by atoms with E-state index in [-0.39, 0.29) is 24.1 Å². The van der Waals surface area contributed by atoms with E-state index in [0.29, 0.717) is 12.3 Å². The van der Waals surface area contributed by atoms with Gasteiger partial charge in [-0.25, -0.2) is 4.39 Å². The van der Waals surface area contributed by atoms with E-state index in [1.807, 2.05) is 0 Å². The van der Waals surface area contributed by atoms with E-state index < -0.39 is 5.82 Å². The van der Waals surface area contributed by atoms with E-state index in [0.717, 1.165) is 0 Å². The summed E-state index contributed by atoms with van der Waals surface area (Å²) in [6.45, 7) is 3.43. The van der Waals surface area contributed by atoms with Gasteiger partial charge in [-0.2, -0.15) is 0 Å². The highest BCUT2D eigenvalue weighted by Crippen LogP contribution is 2.19. The molecule has 0 aliphatic rings. The Bertz CT molecular complexity index is 449. The minimum absolute atomic E-state index is 0.0247. The zero-order valence-electron chi connectivity index (χ0n) is 10.2. The summed E-state index contributed by atoms with van der Waals surface area (Å²) in [7, 11) is 0. The zero-order chi connectivity index (χ0) is 13.5. The monoisotopic (exact) mass is 254 g/mol. The van der Waals surface area contributed by atoms with Crippen molar-refractivity contribution in [3.05, 3.63) is 24.0 Å². The fourth-order valence-corrected chi connectivity index (χ4v) is 1.28. The van der Waals surface area contributed by atoms with Crippen LogP contribution in [0.5, 0.6) is 0 Å². The fraction of sp³-hybridized carbons (Fsp3) is 0.333. The van der Waals surface area contributed by atoms with Gasteiger partial charge in [0.1, 0.15) is 12.4 Å². The highest BCUT2D eigenvalue weighted by molar-refractivity contribution is 5.94. The maximum Gasteiger partial charge on any atom is 0.250 e. The molecule has 0 aliphatic heterocycles. The van der Waals surface area contributed by atoms with E-state index in [1.165, 1.54) is 25.1 Å². The molecular weight excluding hydrogens is 239 g/mol. The summed E-state index contributed by atoms with van der Waals surface area (Å²) in [4.78, 5) is 22.2. The number of nitrogens with one attached hydrogen (secondary N) is 2. The lowest BCUT2D eigenvalue weighted by molar-refractivity contribution is -0.120. The van der Waals surface area contributed by atoms with Gasteiger partial charge in [0.25, 0.3) is 0 Å². The Labute approximate surface area is 104 Å². The molecule has 0 fully saturated rings. The van der Waals surface area contributed by atoms with Gasteiger partial charge < -0.3 is 15.4 Å². The first-order chi connectivity index (χ1) is 8.52. The SMILES string of the molecule is CCOCC(=O)Nc1ccc(F)c(NC(C)=O)c1. The summed E-state index contributed by atoms with van der Waals surface area (Å²) < 4.78 is 18.2. The van der Waals surface area contributed by atoms with Crippen molar-refractivity contribution in [2.24, 2.45) is 0 Å². The molecule has 0 atom stereocenters. The Hall–Kier alpha value is -1.95. The van der Waals surface area contributed by atoms with Crippen molar-refractivity contribution in [1.29, 1.82) is 0 Å². The molecule has 0 saturated heterocycles. The molecule has 1 aromatic rings. The summed E-state index contributed by atoms with van der Waals surface area (Å²) in [5.74, 6) is -1.28. The van der Waals surface area contributed by atoms with Crippen LogP contribution in [0.4, 0.5) is 15.8 Å². The van der Waals surface area contributed by atoms with Crippen molar-refractivity contribution in [2.45, 2.75) is 13.8 Å². The van der Waals surface area contributed by atoms with Gasteiger partial charge in [0.05, 0.1) is 5.69 Å². The normalized spacial score (nSPS) is 9.94. The van der Waals surface area contributed by atoms with Crippen molar-refractivity contribution in [3.63, 3.8) is 0 Å². The number of rotatable bonds is 5. The summed E-state index contributed by atoms with van der Waals surface area (Å²) in [5, 5.41) is 4.87. The molecule has 0 radical (unpaired) electrons. The number of benzene rings is 1. The number of hydrogen-bond donors (Lipinski definition) is 2. The van der Waals surface area contributed by atoms with Gasteiger partial charge in [-0.15, -0.1) is 0 Å². The van der Waals surface area contributed by atoms with Crippen LogP contribution in [0.15, 0.2) is 18.2 Å². The molecule has 2 N–H and O–H groups in total. The first-order valence-corrected chi connectivity index (χ1v) is 5.47. The average Bonchev–Trinajstić information content (AvgIpc) is 2.30. The molecule has 2 amide bonds. The minimum atomic E-state index is -0.562. The molecule has 0 aromatic heterocycles. The number of hydrogen-bond acceptors (Lipinski definition) is 3. The van der Waals surface area contributed by atoms with E-state index in [2.05, 4.69) is 10.6 Å². The van der Waals surface area contributed by atoms with Crippen LogP contribution < -0.4 is 10.6 Å². The molecular formula is C12H15FN2O3. The largest absolute Gasteiger partial charge is 0.372 e. The molecule has 0 bridgehead atoms. The Morgan fingerprint density at radius 1 is 1.33 bits per heavy atom. The van der Waals surface area contributed by atoms with Crippen LogP contribution in [0, 0.1) is 5.82 Å². The number of ether oxygens (including phenoxy) is 1. The van der Waals surface area contributed by atoms with Gasteiger partial charge in [-0.3, -0.25) is 9.59 Å². The second-order valence-corrected chi connectivity index (χ2v) is 3.56. The van der Waals surface area contributed by atoms with E-state index in [9.17, 15) is 14.0 Å². The Morgan fingerprint density at radius 3 is 2.67 bits per heavy atom. The van der Waals surface area contributed by atoms with Crippen molar-refractivity contribution in [2.75, 3.05) is 23.8 Å². The lowest BCUT2D eigenvalue weighted by atomic mass is 10.2. The molecule has 98 valence electrons. The van der Waals surface area contributed by atoms with Gasteiger partial charge in [-0.1, -0.05) is 0 Å². The van der Waals surface area contributed by atoms with Crippen LogP contribution in [0.3, 0.4) is 0 Å². The molecule has 0 saturated carbocycles. The van der Waals surface area contributed by atoms with Crippen LogP contribution >= 0.6 is 0 Å². The first kappa shape index (κ1) is 14.1. The molecule has 0 aliphatic carbocycles. The second kappa shape index (κ2) is 6.70. The fourth-order valence-electron chi connectivity index (χ4n) is 1.28. The third-order valence-corrected chi connectivity index (χ3v) is 2.00. The van der Waals surface area contributed by atoms with Crippen LogP contribution in [-0.4, -0.2) is 25.0 Å². The highest BCUT2D eigenvalue weighted by atomic mass is 19.1. The predicted octanol–water partition coefficient (Wildman–Crippen LogP) is 1.76. The molecule has 6 heteroatoms. The molecule has 5 nitrogen and oxygen atoms in total. The third kappa shape index (κ3) is 4.50. The number of amides is 2. The third-order valence-electron chi connectivity index (χ3n) is 2.00. The quantitative estimate of drug-likeness (QED) is 0.841. The van der Waals surface area contributed by atoms with Crippen LogP contribution in [0.25, 0.3) is 0 Å². The van der Waals surface area contributed by atoms with Gasteiger partial charge >= 0.3 is 0 Å². The lowest BCUT2D eigenvalue weighted by Gasteiger charge is -2.08. The van der Waals surface area contributed by atoms with Gasteiger partial charge in [0, 0.05) is 19.2 Å². The molecule has 0 heterocycles. The maximum atomic E-state index is 13.3. The smallest absolute Gasteiger partial charge is 0.250 e.